The zero-order chi connectivity index (χ0) is 19.7. The molecule has 2 aromatic rings. The third-order valence-corrected chi connectivity index (χ3v) is 5.89. The second kappa shape index (κ2) is 7.67. The van der Waals surface area contributed by atoms with Gasteiger partial charge in [0, 0.05) is 37.8 Å². The smallest absolute Gasteiger partial charge is 0.369 e. The number of alkyl halides is 3. The van der Waals surface area contributed by atoms with Crippen LogP contribution in [0.25, 0.3) is 0 Å². The molecule has 1 saturated heterocycles. The van der Waals surface area contributed by atoms with Crippen LogP contribution in [0, 0.1) is 0 Å². The molecule has 2 fully saturated rings. The molecule has 0 bridgehead atoms. The fraction of sp³-hybridized carbons (Fsp3) is 0.500. The standard InChI is InChI=1S/C18H20F3N5OS/c19-18(20,21)13-2-1-3-14(10-13)26-8-6-25(7-9-26)11-15(27)22-17-24-23-16(28-17)12-4-5-12/h1-3,10,12H,4-9,11H2,(H,22,24,27). The fourth-order valence-electron chi connectivity index (χ4n) is 3.19. The molecule has 2 heterocycles. The highest BCUT2D eigenvalue weighted by atomic mass is 32.1. The van der Waals surface area contributed by atoms with Crippen molar-refractivity contribution < 1.29 is 18.0 Å². The Labute approximate surface area is 164 Å². The van der Waals surface area contributed by atoms with Crippen LogP contribution >= 0.6 is 11.3 Å². The van der Waals surface area contributed by atoms with Crippen molar-refractivity contribution >= 4 is 28.1 Å². The maximum absolute atomic E-state index is 12.9. The van der Waals surface area contributed by atoms with E-state index in [1.807, 2.05) is 9.80 Å². The van der Waals surface area contributed by atoms with Crippen LogP contribution in [0.15, 0.2) is 24.3 Å². The minimum Gasteiger partial charge on any atom is -0.369 e. The summed E-state index contributed by atoms with van der Waals surface area (Å²) in [5.74, 6) is 0.359. The number of anilines is 2. The number of carbonyl (C=O) groups excluding carboxylic acids is 1. The summed E-state index contributed by atoms with van der Waals surface area (Å²) >= 11 is 1.42. The highest BCUT2D eigenvalue weighted by Gasteiger charge is 2.31. The summed E-state index contributed by atoms with van der Waals surface area (Å²) < 4.78 is 38.7. The van der Waals surface area contributed by atoms with Gasteiger partial charge in [-0.25, -0.2) is 0 Å². The maximum Gasteiger partial charge on any atom is 0.416 e. The SMILES string of the molecule is O=C(CN1CCN(c2cccc(C(F)(F)F)c2)CC1)Nc1nnc(C2CC2)s1. The molecule has 10 heteroatoms. The van der Waals surface area contributed by atoms with Gasteiger partial charge >= 0.3 is 6.18 Å². The van der Waals surface area contributed by atoms with E-state index in [0.29, 0.717) is 42.9 Å². The average molecular weight is 411 g/mol. The number of hydrogen-bond donors (Lipinski definition) is 1. The number of aromatic nitrogens is 2. The van der Waals surface area contributed by atoms with Gasteiger partial charge in [-0.05, 0) is 31.0 Å². The predicted molar refractivity (Wildman–Crippen MR) is 101 cm³/mol. The van der Waals surface area contributed by atoms with Crippen molar-refractivity contribution in [3.8, 4) is 0 Å². The minimum absolute atomic E-state index is 0.147. The lowest BCUT2D eigenvalue weighted by molar-refractivity contribution is -0.137. The Balaban J connectivity index is 1.27. The van der Waals surface area contributed by atoms with Gasteiger partial charge in [0.25, 0.3) is 0 Å². The highest BCUT2D eigenvalue weighted by Crippen LogP contribution is 2.42. The van der Waals surface area contributed by atoms with Crippen LogP contribution in [0.3, 0.4) is 0 Å². The van der Waals surface area contributed by atoms with E-state index in [4.69, 9.17) is 0 Å². The summed E-state index contributed by atoms with van der Waals surface area (Å²) in [5, 5.41) is 12.4. The number of rotatable bonds is 5. The van der Waals surface area contributed by atoms with Gasteiger partial charge in [0.2, 0.25) is 11.0 Å². The first kappa shape index (κ1) is 19.1. The quantitative estimate of drug-likeness (QED) is 0.819. The second-order valence-electron chi connectivity index (χ2n) is 7.08. The third kappa shape index (κ3) is 4.61. The summed E-state index contributed by atoms with van der Waals surface area (Å²) in [6, 6.07) is 5.36. The van der Waals surface area contributed by atoms with E-state index < -0.39 is 11.7 Å². The third-order valence-electron chi connectivity index (χ3n) is 4.89. The zero-order valence-corrected chi connectivity index (χ0v) is 15.9. The molecule has 1 saturated carbocycles. The molecule has 1 aromatic heterocycles. The molecule has 1 aliphatic carbocycles. The molecule has 1 N–H and O–H groups in total. The maximum atomic E-state index is 12.9. The molecule has 1 aliphatic heterocycles. The predicted octanol–water partition coefficient (Wildman–Crippen LogP) is 3.20. The van der Waals surface area contributed by atoms with Crippen LogP contribution in [0.4, 0.5) is 24.0 Å². The first-order valence-electron chi connectivity index (χ1n) is 9.16. The number of hydrogen-bond acceptors (Lipinski definition) is 6. The molecule has 0 radical (unpaired) electrons. The Morgan fingerprint density at radius 1 is 1.18 bits per heavy atom. The second-order valence-corrected chi connectivity index (χ2v) is 8.09. The molecule has 1 aromatic carbocycles. The van der Waals surface area contributed by atoms with Gasteiger partial charge in [-0.1, -0.05) is 17.4 Å². The van der Waals surface area contributed by atoms with Crippen LogP contribution < -0.4 is 10.2 Å². The molecule has 0 unspecified atom stereocenters. The van der Waals surface area contributed by atoms with Gasteiger partial charge < -0.3 is 4.90 Å². The fourth-order valence-corrected chi connectivity index (χ4v) is 4.11. The Hall–Kier alpha value is -2.20. The Kier molecular flexibility index (Phi) is 5.24. The molecule has 2 aliphatic rings. The lowest BCUT2D eigenvalue weighted by Gasteiger charge is -2.35. The first-order valence-corrected chi connectivity index (χ1v) is 9.98. The number of benzene rings is 1. The van der Waals surface area contributed by atoms with Gasteiger partial charge in [-0.3, -0.25) is 15.0 Å². The first-order chi connectivity index (χ1) is 13.4. The summed E-state index contributed by atoms with van der Waals surface area (Å²) in [5.41, 5.74) is -0.0881. The summed E-state index contributed by atoms with van der Waals surface area (Å²) in [7, 11) is 0. The molecule has 150 valence electrons. The number of halogens is 3. The topological polar surface area (TPSA) is 61.4 Å². The van der Waals surface area contributed by atoms with E-state index in [-0.39, 0.29) is 12.5 Å². The van der Waals surface area contributed by atoms with E-state index >= 15 is 0 Å². The monoisotopic (exact) mass is 411 g/mol. The number of amides is 1. The van der Waals surface area contributed by atoms with Crippen LogP contribution in [-0.4, -0.2) is 53.7 Å². The van der Waals surface area contributed by atoms with Crippen LogP contribution in [-0.2, 0) is 11.0 Å². The van der Waals surface area contributed by atoms with Crippen molar-refractivity contribution in [3.63, 3.8) is 0 Å². The van der Waals surface area contributed by atoms with Crippen molar-refractivity contribution in [2.75, 3.05) is 42.9 Å². The summed E-state index contributed by atoms with van der Waals surface area (Å²) in [6.45, 7) is 2.58. The van der Waals surface area contributed by atoms with Gasteiger partial charge in [0.05, 0.1) is 12.1 Å². The Morgan fingerprint density at radius 2 is 1.93 bits per heavy atom. The van der Waals surface area contributed by atoms with Gasteiger partial charge in [0.15, 0.2) is 0 Å². The van der Waals surface area contributed by atoms with Crippen molar-refractivity contribution in [1.82, 2.24) is 15.1 Å². The number of carbonyl (C=O) groups is 1. The van der Waals surface area contributed by atoms with Crippen molar-refractivity contribution in [2.24, 2.45) is 0 Å². The molecule has 6 nitrogen and oxygen atoms in total. The molecular weight excluding hydrogens is 391 g/mol. The summed E-state index contributed by atoms with van der Waals surface area (Å²) in [6.07, 6.45) is -2.07. The number of nitrogens with one attached hydrogen (secondary N) is 1. The molecular formula is C18H20F3N5OS. The molecule has 0 atom stereocenters. The van der Waals surface area contributed by atoms with Crippen LogP contribution in [0.5, 0.6) is 0 Å². The summed E-state index contributed by atoms with van der Waals surface area (Å²) in [4.78, 5) is 16.1. The minimum atomic E-state index is -4.35. The van der Waals surface area contributed by atoms with E-state index in [9.17, 15) is 18.0 Å². The lowest BCUT2D eigenvalue weighted by atomic mass is 10.1. The molecule has 0 spiro atoms. The molecule has 1 amide bonds. The van der Waals surface area contributed by atoms with Crippen LogP contribution in [0.1, 0.15) is 29.3 Å². The van der Waals surface area contributed by atoms with Gasteiger partial charge in [-0.2, -0.15) is 13.2 Å². The van der Waals surface area contributed by atoms with E-state index in [1.54, 1.807) is 6.07 Å². The molecule has 28 heavy (non-hydrogen) atoms. The zero-order valence-electron chi connectivity index (χ0n) is 15.1. The Bertz CT molecular complexity index is 844. The Morgan fingerprint density at radius 3 is 2.61 bits per heavy atom. The van der Waals surface area contributed by atoms with E-state index in [1.165, 1.54) is 23.5 Å². The van der Waals surface area contributed by atoms with Crippen molar-refractivity contribution in [1.29, 1.82) is 0 Å². The normalized spacial score (nSPS) is 18.3. The van der Waals surface area contributed by atoms with Crippen molar-refractivity contribution in [2.45, 2.75) is 24.9 Å². The number of nitrogens with zero attached hydrogens (tertiary/aromatic N) is 4. The van der Waals surface area contributed by atoms with Crippen molar-refractivity contribution in [3.05, 3.63) is 34.8 Å². The average Bonchev–Trinajstić information content (AvgIpc) is 3.41. The lowest BCUT2D eigenvalue weighted by Crippen LogP contribution is -2.48. The van der Waals surface area contributed by atoms with E-state index in [0.717, 1.165) is 23.9 Å². The number of piperazine rings is 1. The van der Waals surface area contributed by atoms with Gasteiger partial charge in [0.1, 0.15) is 5.01 Å². The van der Waals surface area contributed by atoms with Crippen LogP contribution in [0.2, 0.25) is 0 Å². The van der Waals surface area contributed by atoms with E-state index in [2.05, 4.69) is 15.5 Å². The highest BCUT2D eigenvalue weighted by molar-refractivity contribution is 7.15. The molecule has 4 rings (SSSR count). The van der Waals surface area contributed by atoms with Gasteiger partial charge in [-0.15, -0.1) is 10.2 Å². The largest absolute Gasteiger partial charge is 0.416 e.